The maximum Gasteiger partial charge on any atom is 0.427 e. The first-order valence-electron chi connectivity index (χ1n) is 6.64. The molecular formula is C13H19N3O5S. The second kappa shape index (κ2) is 7.64. The summed E-state index contributed by atoms with van der Waals surface area (Å²) in [6.07, 6.45) is -1.50. The fourth-order valence-electron chi connectivity index (χ4n) is 1.46. The Labute approximate surface area is 129 Å². The van der Waals surface area contributed by atoms with Crippen LogP contribution in [-0.2, 0) is 14.8 Å². The zero-order valence-corrected chi connectivity index (χ0v) is 13.4. The van der Waals surface area contributed by atoms with Gasteiger partial charge in [0.05, 0.1) is 11.0 Å². The van der Waals surface area contributed by atoms with E-state index in [2.05, 4.69) is 5.32 Å². The van der Waals surface area contributed by atoms with Gasteiger partial charge in [0.1, 0.15) is 0 Å². The average molecular weight is 329 g/mol. The summed E-state index contributed by atoms with van der Waals surface area (Å²) in [6, 6.07) is 6.31. The largest absolute Gasteiger partial charge is 0.446 e. The van der Waals surface area contributed by atoms with Crippen LogP contribution in [0.15, 0.2) is 35.2 Å². The predicted molar refractivity (Wildman–Crippen MR) is 79.3 cm³/mol. The molecule has 0 unspecified atom stereocenters. The highest BCUT2D eigenvalue weighted by atomic mass is 32.2. The van der Waals surface area contributed by atoms with E-state index in [9.17, 15) is 18.0 Å². The number of carbonyl (C=O) groups is 2. The molecule has 0 radical (unpaired) electrons. The number of carbonyl (C=O) groups excluding carboxylic acids is 2. The maximum atomic E-state index is 12.5. The third-order valence-corrected chi connectivity index (χ3v) is 3.94. The van der Waals surface area contributed by atoms with E-state index in [-0.39, 0.29) is 15.9 Å². The first kappa shape index (κ1) is 17.8. The highest BCUT2D eigenvalue weighted by Crippen LogP contribution is 2.13. The van der Waals surface area contributed by atoms with E-state index in [0.29, 0.717) is 0 Å². The molecule has 0 aliphatic carbocycles. The molecule has 0 aromatic heterocycles. The van der Waals surface area contributed by atoms with Crippen LogP contribution in [0.25, 0.3) is 0 Å². The van der Waals surface area contributed by atoms with Crippen LogP contribution in [0.3, 0.4) is 0 Å². The molecule has 22 heavy (non-hydrogen) atoms. The van der Waals surface area contributed by atoms with Gasteiger partial charge < -0.3 is 10.1 Å². The van der Waals surface area contributed by atoms with Crippen LogP contribution in [0.2, 0.25) is 0 Å². The molecule has 1 rings (SSSR count). The van der Waals surface area contributed by atoms with Crippen molar-refractivity contribution in [2.24, 2.45) is 0 Å². The molecule has 0 aliphatic heterocycles. The van der Waals surface area contributed by atoms with E-state index in [1.165, 1.54) is 24.3 Å². The van der Waals surface area contributed by atoms with Crippen molar-refractivity contribution in [3.05, 3.63) is 30.3 Å². The van der Waals surface area contributed by atoms with Crippen LogP contribution in [0.4, 0.5) is 9.59 Å². The molecule has 0 aliphatic rings. The molecule has 2 N–H and O–H groups in total. The molecular weight excluding hydrogens is 310 g/mol. The highest BCUT2D eigenvalue weighted by molar-refractivity contribution is 7.89. The average Bonchev–Trinajstić information content (AvgIpc) is 2.45. The number of benzene rings is 1. The zero-order chi connectivity index (χ0) is 16.8. The first-order chi connectivity index (χ1) is 10.3. The van der Waals surface area contributed by atoms with Gasteiger partial charge in [0.15, 0.2) is 0 Å². The Bertz CT molecular complexity index is 616. The Kier molecular flexibility index (Phi) is 6.17. The van der Waals surface area contributed by atoms with Crippen LogP contribution < -0.4 is 10.7 Å². The van der Waals surface area contributed by atoms with Crippen molar-refractivity contribution in [1.82, 2.24) is 15.2 Å². The van der Waals surface area contributed by atoms with Crippen molar-refractivity contribution >= 4 is 22.1 Å². The van der Waals surface area contributed by atoms with Gasteiger partial charge in [-0.15, -0.1) is 4.41 Å². The van der Waals surface area contributed by atoms with Crippen LogP contribution in [0.1, 0.15) is 20.8 Å². The minimum atomic E-state index is -4.24. The number of amides is 3. The number of nitrogens with one attached hydrogen (secondary N) is 2. The van der Waals surface area contributed by atoms with E-state index in [1.807, 2.05) is 5.43 Å². The number of hydrazine groups is 1. The van der Waals surface area contributed by atoms with Crippen molar-refractivity contribution in [3.63, 3.8) is 0 Å². The molecule has 1 aromatic carbocycles. The van der Waals surface area contributed by atoms with Crippen LogP contribution in [0.5, 0.6) is 0 Å². The van der Waals surface area contributed by atoms with E-state index in [0.717, 1.165) is 0 Å². The lowest BCUT2D eigenvalue weighted by Gasteiger charge is -2.23. The Balaban J connectivity index is 3.10. The number of hydrogen-bond donors (Lipinski definition) is 2. The third kappa shape index (κ3) is 4.62. The number of urea groups is 1. The van der Waals surface area contributed by atoms with Gasteiger partial charge in [-0.25, -0.2) is 15.0 Å². The smallest absolute Gasteiger partial charge is 0.427 e. The Morgan fingerprint density at radius 1 is 1.23 bits per heavy atom. The fraction of sp³-hybridized carbons (Fsp3) is 0.385. The lowest BCUT2D eigenvalue weighted by atomic mass is 10.4. The molecule has 0 saturated carbocycles. The number of sulfonamides is 1. The fourth-order valence-corrected chi connectivity index (χ4v) is 2.65. The molecule has 8 nitrogen and oxygen atoms in total. The third-order valence-electron chi connectivity index (χ3n) is 2.33. The molecule has 1 aromatic rings. The molecule has 9 heteroatoms. The minimum Gasteiger partial charge on any atom is -0.446 e. The van der Waals surface area contributed by atoms with E-state index < -0.39 is 28.3 Å². The summed E-state index contributed by atoms with van der Waals surface area (Å²) in [5.41, 5.74) is 1.94. The quantitative estimate of drug-likeness (QED) is 0.814. The summed E-state index contributed by atoms with van der Waals surface area (Å²) in [5, 5.41) is 2.32. The van der Waals surface area contributed by atoms with Crippen molar-refractivity contribution in [2.75, 3.05) is 6.54 Å². The van der Waals surface area contributed by atoms with Gasteiger partial charge in [-0.1, -0.05) is 18.2 Å². The maximum absolute atomic E-state index is 12.5. The molecule has 122 valence electrons. The molecule has 3 amide bonds. The molecule has 0 heterocycles. The number of hydrogen-bond acceptors (Lipinski definition) is 5. The van der Waals surface area contributed by atoms with Crippen molar-refractivity contribution < 1.29 is 22.7 Å². The lowest BCUT2D eigenvalue weighted by Crippen LogP contribution is -2.53. The Morgan fingerprint density at radius 3 is 2.32 bits per heavy atom. The summed E-state index contributed by atoms with van der Waals surface area (Å²) in [5.74, 6) is 0. The summed E-state index contributed by atoms with van der Waals surface area (Å²) in [4.78, 5) is 23.4. The lowest BCUT2D eigenvalue weighted by molar-refractivity contribution is 0.102. The summed E-state index contributed by atoms with van der Waals surface area (Å²) in [6.45, 7) is 5.02. The van der Waals surface area contributed by atoms with Gasteiger partial charge in [0, 0.05) is 6.54 Å². The SMILES string of the molecule is CCNC(=O)N(NC(=O)OC(C)C)S(=O)(=O)c1ccccc1. The summed E-state index contributed by atoms with van der Waals surface area (Å²) in [7, 11) is -4.24. The normalized spacial score (nSPS) is 10.9. The van der Waals surface area contributed by atoms with Crippen LogP contribution >= 0.6 is 0 Å². The minimum absolute atomic E-state index is 0.133. The molecule has 0 saturated heterocycles. The van der Waals surface area contributed by atoms with E-state index >= 15 is 0 Å². The van der Waals surface area contributed by atoms with Gasteiger partial charge in [-0.2, -0.15) is 8.42 Å². The van der Waals surface area contributed by atoms with Crippen molar-refractivity contribution in [3.8, 4) is 0 Å². The number of nitrogens with zero attached hydrogens (tertiary/aromatic N) is 1. The van der Waals surface area contributed by atoms with E-state index in [1.54, 1.807) is 26.8 Å². The van der Waals surface area contributed by atoms with Gasteiger partial charge >= 0.3 is 12.1 Å². The van der Waals surface area contributed by atoms with Gasteiger partial charge in [0.2, 0.25) is 0 Å². The Hall–Kier alpha value is -2.29. The number of ether oxygens (including phenoxy) is 1. The summed E-state index contributed by atoms with van der Waals surface area (Å²) < 4.78 is 30.0. The van der Waals surface area contributed by atoms with Crippen molar-refractivity contribution in [2.45, 2.75) is 31.8 Å². The summed E-state index contributed by atoms with van der Waals surface area (Å²) >= 11 is 0. The monoisotopic (exact) mass is 329 g/mol. The zero-order valence-electron chi connectivity index (χ0n) is 12.6. The van der Waals surface area contributed by atoms with Crippen LogP contribution in [-0.4, -0.2) is 37.6 Å². The van der Waals surface area contributed by atoms with Crippen LogP contribution in [0, 0.1) is 0 Å². The molecule has 0 bridgehead atoms. The molecule has 0 spiro atoms. The van der Waals surface area contributed by atoms with Gasteiger partial charge in [0.25, 0.3) is 10.0 Å². The standard InChI is InChI=1S/C13H19N3O5S/c1-4-14-12(17)16(15-13(18)21-10(2)3)22(19,20)11-8-6-5-7-9-11/h5-10H,4H2,1-3H3,(H,14,17)(H,15,18). The number of rotatable bonds is 4. The van der Waals surface area contributed by atoms with Gasteiger partial charge in [-0.3, -0.25) is 0 Å². The molecule has 0 fully saturated rings. The van der Waals surface area contributed by atoms with Crippen molar-refractivity contribution in [1.29, 1.82) is 0 Å². The second-order valence-corrected chi connectivity index (χ2v) is 6.27. The van der Waals surface area contributed by atoms with Gasteiger partial charge in [-0.05, 0) is 32.9 Å². The molecule has 0 atom stereocenters. The Morgan fingerprint density at radius 2 is 1.82 bits per heavy atom. The predicted octanol–water partition coefficient (Wildman–Crippen LogP) is 1.46. The van der Waals surface area contributed by atoms with E-state index in [4.69, 9.17) is 4.74 Å². The first-order valence-corrected chi connectivity index (χ1v) is 8.08. The topological polar surface area (TPSA) is 105 Å². The second-order valence-electron chi connectivity index (χ2n) is 4.48. The highest BCUT2D eigenvalue weighted by Gasteiger charge is 2.31.